The van der Waals surface area contributed by atoms with E-state index in [4.69, 9.17) is 5.73 Å². The Morgan fingerprint density at radius 2 is 2.29 bits per heavy atom. The third-order valence-electron chi connectivity index (χ3n) is 0.508. The van der Waals surface area contributed by atoms with E-state index in [0.717, 1.165) is 4.91 Å². The predicted molar refractivity (Wildman–Crippen MR) is 36.1 cm³/mol. The van der Waals surface area contributed by atoms with E-state index in [2.05, 4.69) is 12.6 Å². The second-order valence-corrected chi connectivity index (χ2v) is 1.61. The Bertz CT molecular complexity index is 94.3. The first-order valence-corrected chi connectivity index (χ1v) is 2.49. The summed E-state index contributed by atoms with van der Waals surface area (Å²) in [5, 5.41) is 0. The van der Waals surface area contributed by atoms with Gasteiger partial charge in [-0.1, -0.05) is 12.2 Å². The van der Waals surface area contributed by atoms with E-state index >= 15 is 0 Å². The predicted octanol–water partition coefficient (Wildman–Crippen LogP) is 1.29. The van der Waals surface area contributed by atoms with Crippen LogP contribution in [0.3, 0.4) is 0 Å². The largest absolute Gasteiger partial charge is 0.404 e. The minimum absolute atomic E-state index is 0.794. The van der Waals surface area contributed by atoms with Crippen LogP contribution in [0.1, 0.15) is 6.92 Å². The third kappa shape index (κ3) is 3.46. The van der Waals surface area contributed by atoms with Crippen molar-refractivity contribution in [1.29, 1.82) is 0 Å². The van der Waals surface area contributed by atoms with Crippen molar-refractivity contribution >= 4 is 12.6 Å². The van der Waals surface area contributed by atoms with E-state index in [-0.39, 0.29) is 0 Å². The average molecular weight is 115 g/mol. The van der Waals surface area contributed by atoms with Gasteiger partial charge in [0.2, 0.25) is 0 Å². The maximum Gasteiger partial charge on any atom is 0.0192 e. The van der Waals surface area contributed by atoms with E-state index in [1.165, 1.54) is 6.20 Å². The number of rotatable bonds is 1. The van der Waals surface area contributed by atoms with Crippen LogP contribution in [0.2, 0.25) is 0 Å². The van der Waals surface area contributed by atoms with Gasteiger partial charge in [0.1, 0.15) is 0 Å². The maximum atomic E-state index is 5.07. The van der Waals surface area contributed by atoms with Crippen molar-refractivity contribution in [3.8, 4) is 0 Å². The summed E-state index contributed by atoms with van der Waals surface area (Å²) in [7, 11) is 0. The summed E-state index contributed by atoms with van der Waals surface area (Å²) in [5.74, 6) is 0. The maximum absolute atomic E-state index is 5.07. The number of nitrogens with two attached hydrogens (primary N) is 1. The fourth-order valence-corrected chi connectivity index (χ4v) is 0.375. The molecule has 0 aromatic carbocycles. The lowest BCUT2D eigenvalue weighted by Gasteiger charge is -1.80. The molecule has 0 radical (unpaired) electrons. The highest BCUT2D eigenvalue weighted by Crippen LogP contribution is 1.97. The van der Waals surface area contributed by atoms with Crippen LogP contribution in [-0.4, -0.2) is 0 Å². The Morgan fingerprint density at radius 3 is 2.43 bits per heavy atom. The fraction of sp³-hybridized carbons (Fsp3) is 0.200. The van der Waals surface area contributed by atoms with Gasteiger partial charge in [-0.2, -0.15) is 0 Å². The van der Waals surface area contributed by atoms with Gasteiger partial charge in [0, 0.05) is 11.1 Å². The molecule has 0 spiro atoms. The van der Waals surface area contributed by atoms with Gasteiger partial charge in [0.15, 0.2) is 0 Å². The van der Waals surface area contributed by atoms with Crippen molar-refractivity contribution < 1.29 is 0 Å². The Morgan fingerprint density at radius 1 is 1.71 bits per heavy atom. The molecule has 0 saturated heterocycles. The molecule has 0 aliphatic carbocycles. The van der Waals surface area contributed by atoms with Crippen molar-refractivity contribution in [2.24, 2.45) is 5.73 Å². The van der Waals surface area contributed by atoms with Crippen molar-refractivity contribution in [2.75, 3.05) is 0 Å². The van der Waals surface area contributed by atoms with Gasteiger partial charge < -0.3 is 5.73 Å². The summed E-state index contributed by atoms with van der Waals surface area (Å²) in [6, 6.07) is 0. The first-order valence-electron chi connectivity index (χ1n) is 2.04. The monoisotopic (exact) mass is 115 g/mol. The first-order chi connectivity index (χ1) is 3.31. The summed E-state index contributed by atoms with van der Waals surface area (Å²) >= 11 is 3.96. The number of thiol groups is 1. The molecular weight excluding hydrogens is 106 g/mol. The number of hydrogen-bond acceptors (Lipinski definition) is 2. The molecule has 0 aliphatic rings. The lowest BCUT2D eigenvalue weighted by atomic mass is 10.5. The zero-order chi connectivity index (χ0) is 5.70. The lowest BCUT2D eigenvalue weighted by Crippen LogP contribution is -1.76. The molecule has 0 unspecified atom stereocenters. The summed E-state index contributed by atoms with van der Waals surface area (Å²) in [6.07, 6.45) is 5.15. The van der Waals surface area contributed by atoms with Gasteiger partial charge in [-0.25, -0.2) is 0 Å². The molecule has 0 rings (SSSR count). The molecule has 0 fully saturated rings. The first kappa shape index (κ1) is 6.63. The Balaban J connectivity index is 3.58. The van der Waals surface area contributed by atoms with Gasteiger partial charge in [0.05, 0.1) is 0 Å². The molecule has 2 N–H and O–H groups in total. The highest BCUT2D eigenvalue weighted by molar-refractivity contribution is 7.84. The van der Waals surface area contributed by atoms with Crippen LogP contribution in [0, 0.1) is 0 Å². The summed E-state index contributed by atoms with van der Waals surface area (Å²) < 4.78 is 0. The number of hydrogen-bond donors (Lipinski definition) is 2. The standard InChI is InChI=1S/C5H9NS/c1-2-3-5(7)4-6/h2-4,7H,6H2,1H3/b3-2-,5-4+. The lowest BCUT2D eigenvalue weighted by molar-refractivity contribution is 1.58. The molecule has 0 atom stereocenters. The normalized spacial score (nSPS) is 13.1. The second-order valence-electron chi connectivity index (χ2n) is 1.09. The van der Waals surface area contributed by atoms with E-state index in [0.29, 0.717) is 0 Å². The van der Waals surface area contributed by atoms with Crippen LogP contribution >= 0.6 is 12.6 Å². The summed E-state index contributed by atoms with van der Waals surface area (Å²) in [6.45, 7) is 1.92. The Labute approximate surface area is 49.3 Å². The van der Waals surface area contributed by atoms with Crippen LogP contribution in [0.4, 0.5) is 0 Å². The zero-order valence-electron chi connectivity index (χ0n) is 4.26. The van der Waals surface area contributed by atoms with Crippen LogP contribution in [0.5, 0.6) is 0 Å². The molecular formula is C5H9NS. The molecule has 0 saturated carbocycles. The highest BCUT2D eigenvalue weighted by atomic mass is 32.1. The molecule has 7 heavy (non-hydrogen) atoms. The SMILES string of the molecule is C/C=C\C(S)=C/N. The molecule has 1 nitrogen and oxygen atoms in total. The Kier molecular flexibility index (Phi) is 3.61. The third-order valence-corrected chi connectivity index (χ3v) is 0.806. The van der Waals surface area contributed by atoms with Gasteiger partial charge in [-0.3, -0.25) is 0 Å². The Hall–Kier alpha value is -0.370. The van der Waals surface area contributed by atoms with E-state index in [9.17, 15) is 0 Å². The van der Waals surface area contributed by atoms with E-state index in [1.54, 1.807) is 0 Å². The van der Waals surface area contributed by atoms with Crippen molar-refractivity contribution in [3.05, 3.63) is 23.3 Å². The van der Waals surface area contributed by atoms with Crippen LogP contribution in [0.15, 0.2) is 23.3 Å². The van der Waals surface area contributed by atoms with Crippen LogP contribution in [0.25, 0.3) is 0 Å². The molecule has 40 valence electrons. The fourth-order valence-electron chi connectivity index (χ4n) is 0.226. The van der Waals surface area contributed by atoms with E-state index < -0.39 is 0 Å². The molecule has 0 aromatic heterocycles. The minimum Gasteiger partial charge on any atom is -0.404 e. The number of allylic oxidation sites excluding steroid dienone is 2. The van der Waals surface area contributed by atoms with E-state index in [1.807, 2.05) is 19.1 Å². The van der Waals surface area contributed by atoms with Crippen LogP contribution < -0.4 is 5.73 Å². The molecule has 0 aromatic rings. The molecule has 0 amide bonds. The van der Waals surface area contributed by atoms with Crippen molar-refractivity contribution in [1.82, 2.24) is 0 Å². The van der Waals surface area contributed by atoms with Crippen LogP contribution in [-0.2, 0) is 0 Å². The smallest absolute Gasteiger partial charge is 0.0192 e. The van der Waals surface area contributed by atoms with Gasteiger partial charge >= 0.3 is 0 Å². The molecule has 2 heteroatoms. The van der Waals surface area contributed by atoms with Gasteiger partial charge in [0.25, 0.3) is 0 Å². The molecule has 0 aliphatic heterocycles. The average Bonchev–Trinajstić information content (AvgIpc) is 1.68. The topological polar surface area (TPSA) is 26.0 Å². The van der Waals surface area contributed by atoms with Gasteiger partial charge in [-0.05, 0) is 6.92 Å². The van der Waals surface area contributed by atoms with Crippen molar-refractivity contribution in [3.63, 3.8) is 0 Å². The summed E-state index contributed by atoms with van der Waals surface area (Å²) in [5.41, 5.74) is 5.07. The second kappa shape index (κ2) is 3.81. The van der Waals surface area contributed by atoms with Crippen molar-refractivity contribution in [2.45, 2.75) is 6.92 Å². The summed E-state index contributed by atoms with van der Waals surface area (Å²) in [4.78, 5) is 0.794. The highest BCUT2D eigenvalue weighted by Gasteiger charge is 1.71. The van der Waals surface area contributed by atoms with Gasteiger partial charge in [-0.15, -0.1) is 12.6 Å². The molecule has 0 bridgehead atoms. The quantitative estimate of drug-likeness (QED) is 0.391. The minimum atomic E-state index is 0.794. The molecule has 0 heterocycles. The zero-order valence-corrected chi connectivity index (χ0v) is 5.15.